The van der Waals surface area contributed by atoms with E-state index >= 15 is 0 Å². The summed E-state index contributed by atoms with van der Waals surface area (Å²) < 4.78 is 5.16. The van der Waals surface area contributed by atoms with Crippen LogP contribution in [0.1, 0.15) is 47.4 Å². The highest BCUT2D eigenvalue weighted by Gasteiger charge is 2.18. The number of aliphatic hydroxyl groups excluding tert-OH is 1. The van der Waals surface area contributed by atoms with Crippen LogP contribution < -0.4 is 5.32 Å². The number of hydrogen-bond acceptors (Lipinski definition) is 4. The molecule has 1 aromatic heterocycles. The zero-order chi connectivity index (χ0) is 16.8. The molecule has 0 fully saturated rings. The molecule has 1 amide bonds. The fourth-order valence-corrected chi connectivity index (χ4v) is 2.80. The lowest BCUT2D eigenvalue weighted by atomic mass is 9.96. The van der Waals surface area contributed by atoms with E-state index in [0.717, 1.165) is 34.6 Å². The Hall–Kier alpha value is -2.14. The Morgan fingerprint density at radius 2 is 1.91 bits per heavy atom. The van der Waals surface area contributed by atoms with Gasteiger partial charge in [0.25, 0.3) is 0 Å². The van der Waals surface area contributed by atoms with Crippen molar-refractivity contribution in [2.45, 2.75) is 46.1 Å². The first-order valence-corrected chi connectivity index (χ1v) is 7.89. The average molecular weight is 316 g/mol. The summed E-state index contributed by atoms with van der Waals surface area (Å²) >= 11 is 0. The Labute approximate surface area is 136 Å². The number of carbonyl (C=O) groups excluding carboxylic acids is 1. The first kappa shape index (κ1) is 17.2. The summed E-state index contributed by atoms with van der Waals surface area (Å²) in [4.78, 5) is 12.1. The minimum atomic E-state index is 0.0319. The lowest BCUT2D eigenvalue weighted by Crippen LogP contribution is -2.26. The number of nitrogens with one attached hydrogen (secondary N) is 1. The van der Waals surface area contributed by atoms with Crippen molar-refractivity contribution in [3.05, 3.63) is 52.4 Å². The number of amides is 1. The molecule has 2 aromatic rings. The van der Waals surface area contributed by atoms with Crippen molar-refractivity contribution < 1.29 is 14.4 Å². The summed E-state index contributed by atoms with van der Waals surface area (Å²) in [6, 6.07) is 7.75. The number of aryl methyl sites for hydroxylation is 2. The molecule has 1 unspecified atom stereocenters. The van der Waals surface area contributed by atoms with Gasteiger partial charge in [0.05, 0.1) is 12.3 Å². The SMILES string of the molecule is Cc1noc(C)c1C(C)CC(=O)NCCc1ccc(CO)cc1. The van der Waals surface area contributed by atoms with E-state index in [1.807, 2.05) is 45.0 Å². The average Bonchev–Trinajstić information content (AvgIpc) is 2.87. The van der Waals surface area contributed by atoms with Crippen molar-refractivity contribution in [2.24, 2.45) is 0 Å². The Bertz CT molecular complexity index is 627. The fraction of sp³-hybridized carbons (Fsp3) is 0.444. The van der Waals surface area contributed by atoms with Gasteiger partial charge in [0, 0.05) is 18.5 Å². The molecular weight excluding hydrogens is 292 g/mol. The molecule has 0 aliphatic carbocycles. The molecule has 0 bridgehead atoms. The second-order valence-corrected chi connectivity index (χ2v) is 5.92. The highest BCUT2D eigenvalue weighted by molar-refractivity contribution is 5.76. The number of rotatable bonds is 7. The molecule has 124 valence electrons. The lowest BCUT2D eigenvalue weighted by Gasteiger charge is -2.11. The van der Waals surface area contributed by atoms with Gasteiger partial charge in [-0.2, -0.15) is 0 Å². The van der Waals surface area contributed by atoms with Crippen molar-refractivity contribution in [2.75, 3.05) is 6.54 Å². The van der Waals surface area contributed by atoms with E-state index in [9.17, 15) is 4.79 Å². The molecule has 0 saturated carbocycles. The van der Waals surface area contributed by atoms with Crippen LogP contribution in [0.5, 0.6) is 0 Å². The van der Waals surface area contributed by atoms with Crippen LogP contribution in [0.2, 0.25) is 0 Å². The minimum Gasteiger partial charge on any atom is -0.392 e. The van der Waals surface area contributed by atoms with Crippen LogP contribution in [0, 0.1) is 13.8 Å². The van der Waals surface area contributed by atoms with Gasteiger partial charge in [-0.05, 0) is 37.3 Å². The van der Waals surface area contributed by atoms with Gasteiger partial charge in [0.15, 0.2) is 0 Å². The zero-order valence-corrected chi connectivity index (χ0v) is 13.9. The van der Waals surface area contributed by atoms with Crippen LogP contribution in [-0.4, -0.2) is 22.7 Å². The van der Waals surface area contributed by atoms with Gasteiger partial charge in [0.1, 0.15) is 5.76 Å². The molecule has 0 aliphatic rings. The van der Waals surface area contributed by atoms with Gasteiger partial charge in [0.2, 0.25) is 5.91 Å². The molecule has 1 aromatic carbocycles. The van der Waals surface area contributed by atoms with Crippen molar-refractivity contribution in [1.82, 2.24) is 10.5 Å². The molecule has 23 heavy (non-hydrogen) atoms. The maximum atomic E-state index is 12.1. The van der Waals surface area contributed by atoms with Gasteiger partial charge in [-0.3, -0.25) is 4.79 Å². The van der Waals surface area contributed by atoms with Crippen LogP contribution >= 0.6 is 0 Å². The second kappa shape index (κ2) is 7.92. The Morgan fingerprint density at radius 1 is 1.26 bits per heavy atom. The largest absolute Gasteiger partial charge is 0.392 e. The van der Waals surface area contributed by atoms with E-state index in [-0.39, 0.29) is 18.4 Å². The molecule has 0 aliphatic heterocycles. The molecular formula is C18H24N2O3. The third kappa shape index (κ3) is 4.66. The van der Waals surface area contributed by atoms with Crippen LogP contribution in [0.25, 0.3) is 0 Å². The summed E-state index contributed by atoms with van der Waals surface area (Å²) in [7, 11) is 0. The van der Waals surface area contributed by atoms with Gasteiger partial charge < -0.3 is 14.9 Å². The van der Waals surface area contributed by atoms with Gasteiger partial charge in [-0.1, -0.05) is 36.3 Å². The monoisotopic (exact) mass is 316 g/mol. The molecule has 2 N–H and O–H groups in total. The topological polar surface area (TPSA) is 75.4 Å². The number of carbonyl (C=O) groups is 1. The van der Waals surface area contributed by atoms with E-state index in [2.05, 4.69) is 10.5 Å². The van der Waals surface area contributed by atoms with Gasteiger partial charge in [-0.15, -0.1) is 0 Å². The first-order chi connectivity index (χ1) is 11.0. The highest BCUT2D eigenvalue weighted by atomic mass is 16.5. The predicted octanol–water partition coefficient (Wildman–Crippen LogP) is 2.64. The van der Waals surface area contributed by atoms with Crippen LogP contribution in [0.3, 0.4) is 0 Å². The predicted molar refractivity (Wildman–Crippen MR) is 88.1 cm³/mol. The van der Waals surface area contributed by atoms with Crippen LogP contribution in [-0.2, 0) is 17.8 Å². The normalized spacial score (nSPS) is 12.2. The summed E-state index contributed by atoms with van der Waals surface area (Å²) in [6.45, 7) is 6.44. The third-order valence-corrected chi connectivity index (χ3v) is 4.01. The molecule has 0 radical (unpaired) electrons. The Kier molecular flexibility index (Phi) is 5.93. The van der Waals surface area contributed by atoms with Gasteiger partial charge >= 0.3 is 0 Å². The molecule has 0 saturated heterocycles. The first-order valence-electron chi connectivity index (χ1n) is 7.89. The Morgan fingerprint density at radius 3 is 2.48 bits per heavy atom. The van der Waals surface area contributed by atoms with E-state index in [1.165, 1.54) is 0 Å². The number of benzene rings is 1. The van der Waals surface area contributed by atoms with E-state index < -0.39 is 0 Å². The summed E-state index contributed by atoms with van der Waals surface area (Å²) in [5.74, 6) is 0.904. The van der Waals surface area contributed by atoms with Crippen molar-refractivity contribution >= 4 is 5.91 Å². The highest BCUT2D eigenvalue weighted by Crippen LogP contribution is 2.25. The molecule has 5 heteroatoms. The summed E-state index contributed by atoms with van der Waals surface area (Å²) in [5, 5.41) is 15.9. The summed E-state index contributed by atoms with van der Waals surface area (Å²) in [5.41, 5.74) is 3.92. The smallest absolute Gasteiger partial charge is 0.220 e. The van der Waals surface area contributed by atoms with Crippen molar-refractivity contribution in [1.29, 1.82) is 0 Å². The lowest BCUT2D eigenvalue weighted by molar-refractivity contribution is -0.121. The number of nitrogens with zero attached hydrogens (tertiary/aromatic N) is 1. The molecule has 2 rings (SSSR count). The maximum Gasteiger partial charge on any atom is 0.220 e. The second-order valence-electron chi connectivity index (χ2n) is 5.92. The quantitative estimate of drug-likeness (QED) is 0.823. The van der Waals surface area contributed by atoms with E-state index in [0.29, 0.717) is 13.0 Å². The Balaban J connectivity index is 1.78. The standard InChI is InChI=1S/C18H24N2O3/c1-12(18-13(2)20-23-14(18)3)10-17(22)19-9-8-15-4-6-16(11-21)7-5-15/h4-7,12,21H,8-11H2,1-3H3,(H,19,22). The van der Waals surface area contributed by atoms with E-state index in [4.69, 9.17) is 9.63 Å². The molecule has 1 atom stereocenters. The third-order valence-electron chi connectivity index (χ3n) is 4.01. The fourth-order valence-electron chi connectivity index (χ4n) is 2.80. The summed E-state index contributed by atoms with van der Waals surface area (Å²) in [6.07, 6.45) is 1.20. The van der Waals surface area contributed by atoms with Gasteiger partial charge in [-0.25, -0.2) is 0 Å². The molecule has 5 nitrogen and oxygen atoms in total. The van der Waals surface area contributed by atoms with Crippen molar-refractivity contribution in [3.8, 4) is 0 Å². The number of hydrogen-bond donors (Lipinski definition) is 2. The zero-order valence-electron chi connectivity index (χ0n) is 13.9. The number of aliphatic hydroxyl groups is 1. The van der Waals surface area contributed by atoms with E-state index in [1.54, 1.807) is 0 Å². The number of aromatic nitrogens is 1. The maximum absolute atomic E-state index is 12.1. The minimum absolute atomic E-state index is 0.0319. The molecule has 1 heterocycles. The molecule has 0 spiro atoms. The van der Waals surface area contributed by atoms with Crippen LogP contribution in [0.15, 0.2) is 28.8 Å². The van der Waals surface area contributed by atoms with Crippen molar-refractivity contribution in [3.63, 3.8) is 0 Å². The van der Waals surface area contributed by atoms with Crippen LogP contribution in [0.4, 0.5) is 0 Å².